The minimum Gasteiger partial charge on any atom is -0.413 e. The Hall–Kier alpha value is -1.000. The van der Waals surface area contributed by atoms with Crippen molar-refractivity contribution in [1.82, 2.24) is 0 Å². The summed E-state index contributed by atoms with van der Waals surface area (Å²) < 4.78 is 32.5. The molecule has 2 aromatic carbocycles. The van der Waals surface area contributed by atoms with Crippen LogP contribution in [0.3, 0.4) is 0 Å². The van der Waals surface area contributed by atoms with E-state index in [-0.39, 0.29) is 0 Å². The van der Waals surface area contributed by atoms with Crippen molar-refractivity contribution in [2.75, 3.05) is 0 Å². The van der Waals surface area contributed by atoms with Gasteiger partial charge >= 0.3 is 13.9 Å². The molecule has 178 valence electrons. The van der Waals surface area contributed by atoms with Gasteiger partial charge in [-0.25, -0.2) is 9.13 Å². The quantitative estimate of drug-likeness (QED) is 0.181. The highest BCUT2D eigenvalue weighted by Gasteiger charge is 2.18. The molecule has 0 fully saturated rings. The molecule has 0 spiro atoms. The molecule has 0 heterocycles. The predicted octanol–water partition coefficient (Wildman–Crippen LogP) is 8.03. The summed E-state index contributed by atoms with van der Waals surface area (Å²) in [7, 11) is 0. The fourth-order valence-electron chi connectivity index (χ4n) is 3.53. The highest BCUT2D eigenvalue weighted by molar-refractivity contribution is 7.81. The fourth-order valence-corrected chi connectivity index (χ4v) is 4.82. The molecule has 2 aromatic rings. The molecular formula is C22H30Cl2O6P2. The Morgan fingerprint density at radius 2 is 0.906 bits per heavy atom. The van der Waals surface area contributed by atoms with Crippen LogP contribution in [-0.2, 0) is 22.0 Å². The lowest BCUT2D eigenvalue weighted by Crippen LogP contribution is -1.94. The lowest BCUT2D eigenvalue weighted by atomic mass is 10.0. The second kappa shape index (κ2) is 13.6. The minimum atomic E-state index is -4.07. The second-order valence-corrected chi connectivity index (χ2v) is 12.4. The number of rotatable bonds is 15. The van der Waals surface area contributed by atoms with E-state index < -0.39 is 13.9 Å². The van der Waals surface area contributed by atoms with Crippen LogP contribution in [0.5, 0.6) is 11.5 Å². The summed E-state index contributed by atoms with van der Waals surface area (Å²) in [6, 6.07) is 14.3. The zero-order chi connectivity index (χ0) is 23.5. The van der Waals surface area contributed by atoms with E-state index in [9.17, 15) is 18.9 Å². The normalized spacial score (nSPS) is 15.0. The minimum absolute atomic E-state index is 0.369. The third-order valence-corrected chi connectivity index (χ3v) is 6.27. The van der Waals surface area contributed by atoms with Crippen molar-refractivity contribution in [2.45, 2.75) is 64.2 Å². The first kappa shape index (κ1) is 27.2. The summed E-state index contributed by atoms with van der Waals surface area (Å²) in [6.45, 7) is -8.15. The maximum absolute atomic E-state index is 11.3. The van der Waals surface area contributed by atoms with Gasteiger partial charge in [0, 0.05) is 22.5 Å². The smallest absolute Gasteiger partial charge is 0.413 e. The third kappa shape index (κ3) is 11.7. The van der Waals surface area contributed by atoms with Crippen LogP contribution in [0.1, 0.15) is 62.5 Å². The zero-order valence-electron chi connectivity index (χ0n) is 17.9. The Morgan fingerprint density at radius 3 is 1.25 bits per heavy atom. The molecule has 0 amide bonds. The van der Waals surface area contributed by atoms with Gasteiger partial charge in [0.1, 0.15) is 11.5 Å². The molecule has 32 heavy (non-hydrogen) atoms. The molecule has 0 radical (unpaired) electrons. The van der Waals surface area contributed by atoms with E-state index in [2.05, 4.69) is 0 Å². The SMILES string of the molecule is O=P(O)(Cl)Oc1ccccc1CCCCCCCCCCc1ccccc1OP(=O)(O)Cl. The molecule has 0 saturated heterocycles. The first-order chi connectivity index (χ1) is 15.1. The molecule has 2 N–H and O–H groups in total. The van der Waals surface area contributed by atoms with Gasteiger partial charge in [0.2, 0.25) is 0 Å². The lowest BCUT2D eigenvalue weighted by molar-refractivity contribution is 0.397. The number of halogens is 2. The van der Waals surface area contributed by atoms with Crippen molar-refractivity contribution >= 4 is 36.4 Å². The topological polar surface area (TPSA) is 93.1 Å². The predicted molar refractivity (Wildman–Crippen MR) is 130 cm³/mol. The van der Waals surface area contributed by atoms with Crippen LogP contribution < -0.4 is 9.05 Å². The van der Waals surface area contributed by atoms with Crippen LogP contribution in [-0.4, -0.2) is 9.79 Å². The molecule has 0 aliphatic carbocycles. The Balaban J connectivity index is 1.57. The first-order valence-electron chi connectivity index (χ1n) is 10.7. The zero-order valence-corrected chi connectivity index (χ0v) is 21.2. The van der Waals surface area contributed by atoms with E-state index >= 15 is 0 Å². The van der Waals surface area contributed by atoms with Gasteiger partial charge in [0.05, 0.1) is 0 Å². The second-order valence-electron chi connectivity index (χ2n) is 7.63. The van der Waals surface area contributed by atoms with Gasteiger partial charge < -0.3 is 18.8 Å². The van der Waals surface area contributed by atoms with E-state index in [0.717, 1.165) is 75.3 Å². The Labute approximate surface area is 199 Å². The number of hydrogen-bond donors (Lipinski definition) is 2. The van der Waals surface area contributed by atoms with Crippen molar-refractivity contribution in [3.8, 4) is 11.5 Å². The molecule has 2 unspecified atom stereocenters. The summed E-state index contributed by atoms with van der Waals surface area (Å²) in [6.07, 6.45) is 10.2. The van der Waals surface area contributed by atoms with Crippen LogP contribution >= 0.6 is 36.4 Å². The number of para-hydroxylation sites is 2. The van der Waals surface area contributed by atoms with Crippen molar-refractivity contribution in [2.24, 2.45) is 0 Å². The summed E-state index contributed by atoms with van der Waals surface area (Å²) in [4.78, 5) is 18.4. The highest BCUT2D eigenvalue weighted by Crippen LogP contribution is 2.49. The van der Waals surface area contributed by atoms with Crippen molar-refractivity contribution in [1.29, 1.82) is 0 Å². The summed E-state index contributed by atoms with van der Waals surface area (Å²) in [5, 5.41) is 0. The van der Waals surface area contributed by atoms with Crippen molar-refractivity contribution in [3.63, 3.8) is 0 Å². The average molecular weight is 523 g/mol. The van der Waals surface area contributed by atoms with E-state index in [4.69, 9.17) is 31.5 Å². The molecule has 0 aliphatic rings. The third-order valence-electron chi connectivity index (χ3n) is 5.01. The Kier molecular flexibility index (Phi) is 11.6. The Morgan fingerprint density at radius 1 is 0.594 bits per heavy atom. The maximum atomic E-state index is 11.3. The number of benzene rings is 2. The van der Waals surface area contributed by atoms with Gasteiger partial charge in [-0.3, -0.25) is 0 Å². The lowest BCUT2D eigenvalue weighted by Gasteiger charge is -2.11. The molecule has 0 bridgehead atoms. The first-order valence-corrected chi connectivity index (χ1v) is 15.7. The van der Waals surface area contributed by atoms with Crippen molar-refractivity contribution < 1.29 is 28.0 Å². The molecule has 0 aliphatic heterocycles. The summed E-state index contributed by atoms with van der Waals surface area (Å²) in [5.41, 5.74) is 1.77. The van der Waals surface area contributed by atoms with Gasteiger partial charge in [-0.1, -0.05) is 74.9 Å². The number of hydrogen-bond acceptors (Lipinski definition) is 4. The van der Waals surface area contributed by atoms with Gasteiger partial charge in [0.15, 0.2) is 0 Å². The van der Waals surface area contributed by atoms with Gasteiger partial charge in [0.25, 0.3) is 0 Å². The molecule has 6 nitrogen and oxygen atoms in total. The summed E-state index contributed by atoms with van der Waals surface area (Å²) in [5.74, 6) is 0.737. The van der Waals surface area contributed by atoms with Gasteiger partial charge in [-0.2, -0.15) is 0 Å². The van der Waals surface area contributed by atoms with E-state index in [1.807, 2.05) is 24.3 Å². The van der Waals surface area contributed by atoms with Gasteiger partial charge in [-0.15, -0.1) is 0 Å². The van der Waals surface area contributed by atoms with Crippen LogP contribution in [0, 0.1) is 0 Å². The summed E-state index contributed by atoms with van der Waals surface area (Å²) >= 11 is 10.6. The van der Waals surface area contributed by atoms with Crippen molar-refractivity contribution in [3.05, 3.63) is 59.7 Å². The number of aryl methyl sites for hydroxylation is 2. The van der Waals surface area contributed by atoms with Crippen LogP contribution in [0.4, 0.5) is 0 Å². The molecule has 2 rings (SSSR count). The van der Waals surface area contributed by atoms with E-state index in [0.29, 0.717) is 11.5 Å². The van der Waals surface area contributed by atoms with E-state index in [1.165, 1.54) is 0 Å². The van der Waals surface area contributed by atoms with E-state index in [1.54, 1.807) is 24.3 Å². The standard InChI is InChI=1S/C22H30Cl2O6P2/c23-31(25,26)29-21-17-11-9-15-19(21)13-7-5-3-1-2-4-6-8-14-20-16-10-12-18-22(20)30-32(24,27)28/h9-12,15-18H,1-8,13-14H2,(H,25,26)(H,27,28). The fraction of sp³-hybridized carbons (Fsp3) is 0.455. The van der Waals surface area contributed by atoms with Crippen LogP contribution in [0.25, 0.3) is 0 Å². The van der Waals surface area contributed by atoms with Crippen LogP contribution in [0.2, 0.25) is 0 Å². The van der Waals surface area contributed by atoms with Gasteiger partial charge in [-0.05, 0) is 48.9 Å². The molecule has 10 heteroatoms. The Bertz CT molecular complexity index is 853. The average Bonchev–Trinajstić information content (AvgIpc) is 2.69. The largest absolute Gasteiger partial charge is 0.474 e. The molecule has 0 saturated carbocycles. The highest BCUT2D eigenvalue weighted by atomic mass is 35.7. The monoisotopic (exact) mass is 522 g/mol. The molecule has 2 atom stereocenters. The maximum Gasteiger partial charge on any atom is 0.474 e. The molecule has 0 aromatic heterocycles. The number of unbranched alkanes of at least 4 members (excludes halogenated alkanes) is 7. The van der Waals surface area contributed by atoms with Crippen LogP contribution in [0.15, 0.2) is 48.5 Å². The molecular weight excluding hydrogens is 493 g/mol.